The van der Waals surface area contributed by atoms with Gasteiger partial charge in [0.1, 0.15) is 5.57 Å². The minimum absolute atomic E-state index is 0.181. The van der Waals surface area contributed by atoms with Crippen LogP contribution in [-0.2, 0) is 9.59 Å². The molecule has 4 nitrogen and oxygen atoms in total. The van der Waals surface area contributed by atoms with Crippen molar-refractivity contribution in [1.82, 2.24) is 0 Å². The Hall–Kier alpha value is -1.16. The predicted molar refractivity (Wildman–Crippen MR) is 51.9 cm³/mol. The Balaban J connectivity index is 4.84. The molecule has 0 aliphatic rings. The molecule has 2 N–H and O–H groups in total. The van der Waals surface area contributed by atoms with Crippen molar-refractivity contribution in [3.05, 3.63) is 11.1 Å². The van der Waals surface area contributed by atoms with Crippen molar-refractivity contribution in [3.63, 3.8) is 0 Å². The van der Waals surface area contributed by atoms with Crippen LogP contribution in [0, 0.1) is 0 Å². The molecule has 0 rings (SSSR count). The van der Waals surface area contributed by atoms with Gasteiger partial charge in [-0.1, -0.05) is 5.57 Å². The van der Waals surface area contributed by atoms with Gasteiger partial charge in [0.2, 0.25) is 0 Å². The molecule has 0 fully saturated rings. The van der Waals surface area contributed by atoms with E-state index in [-0.39, 0.29) is 12.0 Å². The van der Waals surface area contributed by atoms with Crippen LogP contribution in [0.25, 0.3) is 0 Å². The van der Waals surface area contributed by atoms with E-state index in [9.17, 15) is 14.7 Å². The molecule has 0 aromatic rings. The van der Waals surface area contributed by atoms with Crippen LogP contribution in [0.2, 0.25) is 0 Å². The first-order valence-electron chi connectivity index (χ1n) is 4.31. The molecule has 0 heterocycles. The van der Waals surface area contributed by atoms with E-state index in [1.807, 2.05) is 0 Å². The molecular weight excluding hydrogens is 184 g/mol. The second-order valence-electron chi connectivity index (χ2n) is 4.09. The van der Waals surface area contributed by atoms with Crippen LogP contribution in [0.5, 0.6) is 0 Å². The molecular formula is C10H16O4. The third kappa shape index (κ3) is 4.18. The van der Waals surface area contributed by atoms with E-state index in [2.05, 4.69) is 0 Å². The fraction of sp³-hybridized carbons (Fsp3) is 0.600. The molecule has 80 valence electrons. The van der Waals surface area contributed by atoms with Crippen molar-refractivity contribution in [2.24, 2.45) is 0 Å². The smallest absolute Gasteiger partial charge is 0.339 e. The van der Waals surface area contributed by atoms with Crippen LogP contribution >= 0.6 is 0 Å². The monoisotopic (exact) mass is 200 g/mol. The lowest BCUT2D eigenvalue weighted by Crippen LogP contribution is -2.26. The fourth-order valence-corrected chi connectivity index (χ4v) is 1.09. The average Bonchev–Trinajstić information content (AvgIpc) is 1.78. The number of aliphatic hydroxyl groups is 1. The average molecular weight is 200 g/mol. The highest BCUT2D eigenvalue weighted by atomic mass is 16.4. The summed E-state index contributed by atoms with van der Waals surface area (Å²) in [6, 6.07) is 0. The van der Waals surface area contributed by atoms with Gasteiger partial charge in [-0.05, 0) is 27.7 Å². The maximum atomic E-state index is 11.4. The molecule has 0 saturated carbocycles. The SMILES string of the molecule is CC(C)=C(C(=O)O)C(=O)CC(C)(C)O. The highest BCUT2D eigenvalue weighted by Crippen LogP contribution is 2.14. The summed E-state index contributed by atoms with van der Waals surface area (Å²) in [6.07, 6.45) is -0.181. The number of rotatable bonds is 4. The van der Waals surface area contributed by atoms with E-state index in [4.69, 9.17) is 5.11 Å². The summed E-state index contributed by atoms with van der Waals surface area (Å²) >= 11 is 0. The normalized spacial score (nSPS) is 10.9. The van der Waals surface area contributed by atoms with Crippen LogP contribution in [0.3, 0.4) is 0 Å². The molecule has 14 heavy (non-hydrogen) atoms. The first kappa shape index (κ1) is 12.8. The number of aliphatic carboxylic acids is 1. The van der Waals surface area contributed by atoms with Gasteiger partial charge in [-0.25, -0.2) is 4.79 Å². The number of hydrogen-bond acceptors (Lipinski definition) is 3. The first-order valence-corrected chi connectivity index (χ1v) is 4.31. The van der Waals surface area contributed by atoms with Gasteiger partial charge in [0.25, 0.3) is 0 Å². The standard InChI is InChI=1S/C10H16O4/c1-6(2)8(9(12)13)7(11)5-10(3,4)14/h14H,5H2,1-4H3,(H,12,13). The maximum absolute atomic E-state index is 11.4. The molecule has 0 unspecified atom stereocenters. The number of ketones is 1. The lowest BCUT2D eigenvalue weighted by atomic mass is 9.95. The van der Waals surface area contributed by atoms with Gasteiger partial charge in [-0.2, -0.15) is 0 Å². The lowest BCUT2D eigenvalue weighted by Gasteiger charge is -2.16. The molecule has 0 bridgehead atoms. The van der Waals surface area contributed by atoms with Crippen LogP contribution in [0.4, 0.5) is 0 Å². The van der Waals surface area contributed by atoms with E-state index in [0.717, 1.165) is 0 Å². The number of hydrogen-bond donors (Lipinski definition) is 2. The highest BCUT2D eigenvalue weighted by molar-refractivity contribution is 6.17. The van der Waals surface area contributed by atoms with Crippen molar-refractivity contribution in [3.8, 4) is 0 Å². The first-order chi connectivity index (χ1) is 6.15. The van der Waals surface area contributed by atoms with Gasteiger partial charge in [-0.3, -0.25) is 4.79 Å². The van der Waals surface area contributed by atoms with Gasteiger partial charge < -0.3 is 10.2 Å². The van der Waals surface area contributed by atoms with Gasteiger partial charge in [0, 0.05) is 6.42 Å². The number of carboxylic acids is 1. The summed E-state index contributed by atoms with van der Waals surface area (Å²) < 4.78 is 0. The summed E-state index contributed by atoms with van der Waals surface area (Å²) in [4.78, 5) is 22.2. The zero-order chi connectivity index (χ0) is 11.5. The number of allylic oxidation sites excluding steroid dienone is 1. The van der Waals surface area contributed by atoms with Gasteiger partial charge in [-0.15, -0.1) is 0 Å². The molecule has 0 saturated heterocycles. The molecule has 0 aliphatic heterocycles. The Kier molecular flexibility index (Phi) is 4.01. The minimum atomic E-state index is -1.24. The summed E-state index contributed by atoms with van der Waals surface area (Å²) in [6.45, 7) is 6.06. The number of carboxylic acid groups (broad SMARTS) is 1. The number of carbonyl (C=O) groups is 2. The van der Waals surface area contributed by atoms with Gasteiger partial charge in [0.15, 0.2) is 5.78 Å². The van der Waals surface area contributed by atoms with Crippen LogP contribution in [0.15, 0.2) is 11.1 Å². The molecule has 0 aromatic heterocycles. The molecule has 0 atom stereocenters. The number of Topliss-reactive ketones (excluding diaryl/α,β-unsaturated/α-hetero) is 1. The Morgan fingerprint density at radius 2 is 1.64 bits per heavy atom. The number of carbonyl (C=O) groups excluding carboxylic acids is 1. The summed E-state index contributed by atoms with van der Waals surface area (Å²) in [5, 5.41) is 18.1. The largest absolute Gasteiger partial charge is 0.478 e. The van der Waals surface area contributed by atoms with E-state index in [0.29, 0.717) is 5.57 Å². The topological polar surface area (TPSA) is 74.6 Å². The van der Waals surface area contributed by atoms with Crippen molar-refractivity contribution in [2.75, 3.05) is 0 Å². The van der Waals surface area contributed by atoms with Crippen molar-refractivity contribution >= 4 is 11.8 Å². The van der Waals surface area contributed by atoms with Crippen LogP contribution in [0.1, 0.15) is 34.1 Å². The van der Waals surface area contributed by atoms with Crippen molar-refractivity contribution < 1.29 is 19.8 Å². The predicted octanol–water partition coefficient (Wildman–Crippen LogP) is 1.14. The van der Waals surface area contributed by atoms with Crippen LogP contribution in [-0.4, -0.2) is 27.6 Å². The molecule has 0 aromatic carbocycles. The second-order valence-corrected chi connectivity index (χ2v) is 4.09. The Bertz CT molecular complexity index is 277. The van der Waals surface area contributed by atoms with Gasteiger partial charge in [0.05, 0.1) is 5.60 Å². The van der Waals surface area contributed by atoms with Crippen molar-refractivity contribution in [2.45, 2.75) is 39.7 Å². The second kappa shape index (κ2) is 4.37. The molecule has 0 spiro atoms. The molecule has 0 amide bonds. The Morgan fingerprint density at radius 1 is 1.21 bits per heavy atom. The summed E-state index contributed by atoms with van der Waals surface area (Å²) in [7, 11) is 0. The van der Waals surface area contributed by atoms with E-state index >= 15 is 0 Å². The van der Waals surface area contributed by atoms with E-state index in [1.54, 1.807) is 13.8 Å². The Labute approximate surface area is 83.2 Å². The van der Waals surface area contributed by atoms with E-state index < -0.39 is 17.4 Å². The maximum Gasteiger partial charge on any atom is 0.339 e. The zero-order valence-corrected chi connectivity index (χ0v) is 8.92. The summed E-state index contributed by atoms with van der Waals surface area (Å²) in [5.74, 6) is -1.77. The van der Waals surface area contributed by atoms with Crippen LogP contribution < -0.4 is 0 Å². The van der Waals surface area contributed by atoms with E-state index in [1.165, 1.54) is 13.8 Å². The molecule has 4 heteroatoms. The Morgan fingerprint density at radius 3 is 1.86 bits per heavy atom. The fourth-order valence-electron chi connectivity index (χ4n) is 1.09. The van der Waals surface area contributed by atoms with Gasteiger partial charge >= 0.3 is 5.97 Å². The highest BCUT2D eigenvalue weighted by Gasteiger charge is 2.25. The molecule has 0 radical (unpaired) electrons. The quantitative estimate of drug-likeness (QED) is 0.405. The third-order valence-corrected chi connectivity index (χ3v) is 1.59. The molecule has 0 aliphatic carbocycles. The lowest BCUT2D eigenvalue weighted by molar-refractivity contribution is -0.135. The zero-order valence-electron chi connectivity index (χ0n) is 8.92. The third-order valence-electron chi connectivity index (χ3n) is 1.59. The minimum Gasteiger partial charge on any atom is -0.478 e. The van der Waals surface area contributed by atoms with Crippen molar-refractivity contribution in [1.29, 1.82) is 0 Å². The summed E-state index contributed by atoms with van der Waals surface area (Å²) in [5.41, 5.74) is -0.952.